The summed E-state index contributed by atoms with van der Waals surface area (Å²) in [6.45, 7) is 0. The predicted octanol–water partition coefficient (Wildman–Crippen LogP) is -1.84. The molecule has 43 valence electrons. The van der Waals surface area contributed by atoms with Crippen molar-refractivity contribution in [1.82, 2.24) is 0 Å². The Morgan fingerprint density at radius 3 is 1.17 bits per heavy atom. The first kappa shape index (κ1) is 32.2. The van der Waals surface area contributed by atoms with Gasteiger partial charge in [0.05, 0.1) is 0 Å². The van der Waals surface area contributed by atoms with Gasteiger partial charge in [0.2, 0.25) is 0 Å². The summed E-state index contributed by atoms with van der Waals surface area (Å²) in [5, 5.41) is 0. The van der Waals surface area contributed by atoms with Crippen LogP contribution in [0.15, 0.2) is 0 Å². The van der Waals surface area contributed by atoms with Gasteiger partial charge in [0.25, 0.3) is 0 Å². The molecule has 0 saturated heterocycles. The minimum absolute atomic E-state index is 0. The Labute approximate surface area is 118 Å². The van der Waals surface area contributed by atoms with E-state index in [-0.39, 0.29) is 89.6 Å². The van der Waals surface area contributed by atoms with E-state index in [1.165, 1.54) is 0 Å². The molecule has 0 rings (SSSR count). The van der Waals surface area contributed by atoms with E-state index in [1.807, 2.05) is 0 Å². The first-order valence-corrected chi connectivity index (χ1v) is 3.15. The van der Waals surface area contributed by atoms with Crippen LogP contribution in [0.2, 0.25) is 0 Å². The Bertz CT molecular complexity index is 15.5. The van der Waals surface area contributed by atoms with Gasteiger partial charge < -0.3 is 0 Å². The van der Waals surface area contributed by atoms with Gasteiger partial charge in [-0.2, -0.15) is 0 Å². The van der Waals surface area contributed by atoms with Crippen LogP contribution in [-0.2, 0) is 64.6 Å². The van der Waals surface area contributed by atoms with Gasteiger partial charge in [-0.05, 0) is 0 Å². The van der Waals surface area contributed by atoms with Crippen molar-refractivity contribution in [3.05, 3.63) is 0 Å². The van der Waals surface area contributed by atoms with Gasteiger partial charge in [0, 0.05) is 33.8 Å². The summed E-state index contributed by atoms with van der Waals surface area (Å²) in [4.78, 5) is 0. The molecule has 6 heavy (non-hydrogen) atoms. The summed E-state index contributed by atoms with van der Waals surface area (Å²) in [6, 6.07) is 0. The molecule has 0 amide bonds. The van der Waals surface area contributed by atoms with Gasteiger partial charge >= 0.3 is 86.5 Å². The Kier molecular flexibility index (Phi) is 191. The Morgan fingerprint density at radius 2 is 1.17 bits per heavy atom. The van der Waals surface area contributed by atoms with E-state index < -0.39 is 0 Å². The van der Waals surface area contributed by atoms with Crippen molar-refractivity contribution in [3.63, 3.8) is 0 Å². The molecular formula is H4BiCoFeMoNaNi. The summed E-state index contributed by atoms with van der Waals surface area (Å²) in [7, 11) is 0. The van der Waals surface area contributed by atoms with Crippen LogP contribution in [-0.4, -0.2) is 55.8 Å². The van der Waals surface area contributed by atoms with Crippen LogP contribution in [0.25, 0.3) is 0 Å². The molecule has 0 aliphatic heterocycles. The topological polar surface area (TPSA) is 0 Å². The van der Waals surface area contributed by atoms with Gasteiger partial charge in [0.1, 0.15) is 0 Å². The number of hydrogen-bond donors (Lipinski definition) is 0. The van der Waals surface area contributed by atoms with E-state index >= 15 is 0 Å². The number of rotatable bonds is 0. The molecule has 0 aliphatic carbocycles. The van der Waals surface area contributed by atoms with Crippen LogP contribution in [0.1, 0.15) is 0 Å². The van der Waals surface area contributed by atoms with Crippen LogP contribution in [0.3, 0.4) is 0 Å². The van der Waals surface area contributed by atoms with Crippen LogP contribution >= 0.6 is 0 Å². The Morgan fingerprint density at radius 1 is 1.17 bits per heavy atom. The molecule has 0 fully saturated rings. The monoisotopic (exact) mass is 507 g/mol. The summed E-state index contributed by atoms with van der Waals surface area (Å²) in [6.07, 6.45) is 0. The number of hydrogen-bond acceptors (Lipinski definition) is 0. The Balaban J connectivity index is -0.000000000833. The Hall–Kier alpha value is 4.09. The van der Waals surface area contributed by atoms with Crippen molar-refractivity contribution in [2.75, 3.05) is 0 Å². The van der Waals surface area contributed by atoms with Crippen LogP contribution in [0.5, 0.6) is 0 Å². The molecule has 0 aromatic heterocycles. The van der Waals surface area contributed by atoms with E-state index in [0.29, 0.717) is 0 Å². The van der Waals surface area contributed by atoms with E-state index in [2.05, 4.69) is 12.9 Å². The van der Waals surface area contributed by atoms with Gasteiger partial charge in [-0.25, -0.2) is 0 Å². The van der Waals surface area contributed by atoms with Crippen molar-refractivity contribution in [3.8, 4) is 0 Å². The summed E-state index contributed by atoms with van der Waals surface area (Å²) < 4.78 is 0. The zero-order valence-electron chi connectivity index (χ0n) is 2.12. The third kappa shape index (κ3) is 24.3. The second-order valence-corrected chi connectivity index (χ2v) is 0. The first-order chi connectivity index (χ1) is 1.00. The fraction of sp³-hybridized carbons (Fsp3) is 0. The van der Waals surface area contributed by atoms with Crippen molar-refractivity contribution in [1.29, 1.82) is 0 Å². The molecule has 0 aromatic rings. The van der Waals surface area contributed by atoms with Crippen molar-refractivity contribution in [2.24, 2.45) is 0 Å². The molecule has 1 radical (unpaired) electrons. The molecule has 0 N–H and O–H groups in total. The minimum atomic E-state index is 0. The van der Waals surface area contributed by atoms with Crippen LogP contribution in [0.4, 0.5) is 0 Å². The molecule has 0 heterocycles. The van der Waals surface area contributed by atoms with Crippen molar-refractivity contribution < 1.29 is 64.6 Å². The van der Waals surface area contributed by atoms with Crippen molar-refractivity contribution in [2.45, 2.75) is 0 Å². The van der Waals surface area contributed by atoms with Crippen LogP contribution in [0, 0.1) is 0 Å². The average Bonchev–Trinajstić information content (AvgIpc) is 1.00. The second-order valence-electron chi connectivity index (χ2n) is 0. The molecule has 0 spiro atoms. The standard InChI is InChI=1S/Bi.Co.Fe.Mo.Na.Ni.4H. The van der Waals surface area contributed by atoms with E-state index in [4.69, 9.17) is 0 Å². The fourth-order valence-corrected chi connectivity index (χ4v) is 0. The second kappa shape index (κ2) is 35.6. The van der Waals surface area contributed by atoms with Crippen molar-refractivity contribution >= 4 is 55.8 Å². The third-order valence-electron chi connectivity index (χ3n) is 0. The normalized spacial score (nSPS) is 1.00. The van der Waals surface area contributed by atoms with E-state index in [1.54, 1.807) is 17.9 Å². The molecule has 0 nitrogen and oxygen atoms in total. The SMILES string of the molecule is [BiH3].[Co].[Fe].[NaH].[Ni][Mo]. The molecule has 0 unspecified atom stereocenters. The summed E-state index contributed by atoms with van der Waals surface area (Å²) in [5.74, 6) is 0. The maximum absolute atomic E-state index is 3.88. The molecule has 0 saturated carbocycles. The zero-order valence-corrected chi connectivity index (χ0v) is 12.8. The predicted molar refractivity (Wildman–Crippen MR) is 17.1 cm³/mol. The van der Waals surface area contributed by atoms with Gasteiger partial charge in [-0.15, -0.1) is 0 Å². The van der Waals surface area contributed by atoms with E-state index in [0.717, 1.165) is 0 Å². The quantitative estimate of drug-likeness (QED) is 0.340. The first-order valence-electron chi connectivity index (χ1n) is 0.129. The maximum atomic E-state index is 3.88. The van der Waals surface area contributed by atoms with Gasteiger partial charge in [0.15, 0.2) is 0 Å². The molecular weight excluding hydrogens is 501 g/mol. The van der Waals surface area contributed by atoms with Crippen LogP contribution < -0.4 is 0 Å². The third-order valence-corrected chi connectivity index (χ3v) is 0. The summed E-state index contributed by atoms with van der Waals surface area (Å²) >= 11 is 5.46. The average molecular weight is 505 g/mol. The molecule has 0 aliphatic rings. The molecule has 0 atom stereocenters. The van der Waals surface area contributed by atoms with Gasteiger partial charge in [-0.3, -0.25) is 0 Å². The van der Waals surface area contributed by atoms with E-state index in [9.17, 15) is 0 Å². The molecule has 6 heteroatoms. The molecule has 0 aromatic carbocycles. The molecule has 0 bridgehead atoms. The fourth-order valence-electron chi connectivity index (χ4n) is 0. The van der Waals surface area contributed by atoms with Gasteiger partial charge in [-0.1, -0.05) is 0 Å². The zero-order chi connectivity index (χ0) is 2.00. The summed E-state index contributed by atoms with van der Waals surface area (Å²) in [5.41, 5.74) is 0.